The maximum atomic E-state index is 12.1. The van der Waals surface area contributed by atoms with Crippen molar-refractivity contribution < 1.29 is 23.2 Å². The highest BCUT2D eigenvalue weighted by atomic mass is 16.5. The van der Waals surface area contributed by atoms with Crippen molar-refractivity contribution in [3.63, 3.8) is 0 Å². The maximum Gasteiger partial charge on any atom is 0.273 e. The molecule has 1 aliphatic heterocycles. The van der Waals surface area contributed by atoms with Crippen LogP contribution >= 0.6 is 0 Å². The molecule has 26 heavy (non-hydrogen) atoms. The van der Waals surface area contributed by atoms with E-state index in [1.807, 2.05) is 30.3 Å². The number of aromatic nitrogens is 1. The fourth-order valence-electron chi connectivity index (χ4n) is 2.92. The highest BCUT2D eigenvalue weighted by Crippen LogP contribution is 2.19. The molecule has 4 rings (SSSR count). The van der Waals surface area contributed by atoms with Gasteiger partial charge in [-0.1, -0.05) is 23.4 Å². The molecule has 1 aliphatic rings. The topological polar surface area (TPSA) is 86.7 Å². The molecule has 3 heterocycles. The minimum atomic E-state index is -0.246. The molecule has 136 valence electrons. The van der Waals surface area contributed by atoms with Crippen LogP contribution in [-0.4, -0.2) is 30.8 Å². The number of amides is 1. The van der Waals surface area contributed by atoms with Gasteiger partial charge in [-0.25, -0.2) is 0 Å². The molecule has 1 atom stereocenters. The summed E-state index contributed by atoms with van der Waals surface area (Å²) < 4.78 is 21.7. The predicted molar refractivity (Wildman–Crippen MR) is 92.5 cm³/mol. The fraction of sp³-hybridized carbons (Fsp3) is 0.368. The summed E-state index contributed by atoms with van der Waals surface area (Å²) in [6.07, 6.45) is 0.972. The molecule has 7 nitrogen and oxygen atoms in total. The highest BCUT2D eigenvalue weighted by molar-refractivity contribution is 5.92. The standard InChI is InChI=1S/C19H20N2O5/c22-19(20-9-13-5-6-23-10-13)17-8-16(26-21-17)12-24-11-15-7-14-3-1-2-4-18(14)25-15/h1-4,7-8,13H,5-6,9-12H2,(H,20,22). The molecule has 0 bridgehead atoms. The molecule has 7 heteroatoms. The van der Waals surface area contributed by atoms with E-state index in [4.69, 9.17) is 18.4 Å². The number of ether oxygens (including phenoxy) is 2. The number of hydrogen-bond acceptors (Lipinski definition) is 6. The zero-order valence-electron chi connectivity index (χ0n) is 14.3. The first-order valence-electron chi connectivity index (χ1n) is 8.64. The van der Waals surface area contributed by atoms with Crippen LogP contribution in [0.3, 0.4) is 0 Å². The summed E-state index contributed by atoms with van der Waals surface area (Å²) in [5.41, 5.74) is 1.09. The summed E-state index contributed by atoms with van der Waals surface area (Å²) in [6, 6.07) is 11.3. The van der Waals surface area contributed by atoms with Crippen molar-refractivity contribution >= 4 is 16.9 Å². The van der Waals surface area contributed by atoms with Crippen molar-refractivity contribution in [3.05, 3.63) is 53.6 Å². The molecule has 1 unspecified atom stereocenters. The maximum absolute atomic E-state index is 12.1. The van der Waals surface area contributed by atoms with E-state index in [1.165, 1.54) is 0 Å². The molecular formula is C19H20N2O5. The normalized spacial score (nSPS) is 17.0. The monoisotopic (exact) mass is 356 g/mol. The van der Waals surface area contributed by atoms with Gasteiger partial charge in [0.2, 0.25) is 0 Å². The minimum absolute atomic E-state index is 0.216. The second kappa shape index (κ2) is 7.72. The van der Waals surface area contributed by atoms with E-state index in [0.29, 0.717) is 31.4 Å². The van der Waals surface area contributed by atoms with Crippen molar-refractivity contribution in [3.8, 4) is 0 Å². The second-order valence-corrected chi connectivity index (χ2v) is 6.36. The van der Waals surface area contributed by atoms with E-state index in [1.54, 1.807) is 6.07 Å². The summed E-state index contributed by atoms with van der Waals surface area (Å²) in [5.74, 6) is 1.36. The third kappa shape index (κ3) is 3.95. The van der Waals surface area contributed by atoms with Gasteiger partial charge in [-0.15, -0.1) is 0 Å². The lowest BCUT2D eigenvalue weighted by atomic mass is 10.1. The third-order valence-electron chi connectivity index (χ3n) is 4.33. The Morgan fingerprint density at radius 2 is 2.12 bits per heavy atom. The SMILES string of the molecule is O=C(NCC1CCOC1)c1cc(COCc2cc3ccccc3o2)on1. The Labute approximate surface area is 150 Å². The smallest absolute Gasteiger partial charge is 0.273 e. The van der Waals surface area contributed by atoms with Gasteiger partial charge in [0.05, 0.1) is 6.61 Å². The molecule has 3 aromatic rings. The number of benzene rings is 1. The Balaban J connectivity index is 1.25. The van der Waals surface area contributed by atoms with Gasteiger partial charge < -0.3 is 23.7 Å². The average Bonchev–Trinajstić information content (AvgIpc) is 3.39. The van der Waals surface area contributed by atoms with Crippen LogP contribution in [-0.2, 0) is 22.7 Å². The Bertz CT molecular complexity index is 846. The van der Waals surface area contributed by atoms with Crippen LogP contribution in [0, 0.1) is 5.92 Å². The van der Waals surface area contributed by atoms with Crippen LogP contribution in [0.2, 0.25) is 0 Å². The Morgan fingerprint density at radius 1 is 1.23 bits per heavy atom. The number of para-hydroxylation sites is 1. The first-order valence-corrected chi connectivity index (χ1v) is 8.64. The van der Waals surface area contributed by atoms with Crippen LogP contribution in [0.4, 0.5) is 0 Å². The lowest BCUT2D eigenvalue weighted by Gasteiger charge is -2.07. The van der Waals surface area contributed by atoms with Crippen LogP contribution in [0.15, 0.2) is 45.3 Å². The Hall–Kier alpha value is -2.64. The zero-order valence-corrected chi connectivity index (χ0v) is 14.3. The highest BCUT2D eigenvalue weighted by Gasteiger charge is 2.18. The molecule has 1 amide bonds. The Kier molecular flexibility index (Phi) is 4.99. The van der Waals surface area contributed by atoms with E-state index < -0.39 is 0 Å². The van der Waals surface area contributed by atoms with E-state index in [0.717, 1.165) is 29.8 Å². The van der Waals surface area contributed by atoms with Gasteiger partial charge in [0, 0.05) is 30.5 Å². The van der Waals surface area contributed by atoms with Crippen molar-refractivity contribution in [2.24, 2.45) is 5.92 Å². The first kappa shape index (κ1) is 16.8. The van der Waals surface area contributed by atoms with Crippen molar-refractivity contribution in [1.82, 2.24) is 10.5 Å². The second-order valence-electron chi connectivity index (χ2n) is 6.36. The lowest BCUT2D eigenvalue weighted by Crippen LogP contribution is -2.29. The van der Waals surface area contributed by atoms with Crippen molar-refractivity contribution in [2.75, 3.05) is 19.8 Å². The molecule has 0 radical (unpaired) electrons. The molecule has 1 aromatic carbocycles. The van der Waals surface area contributed by atoms with Gasteiger partial charge >= 0.3 is 0 Å². The quantitative estimate of drug-likeness (QED) is 0.700. The first-order chi connectivity index (χ1) is 12.8. The molecule has 1 N–H and O–H groups in total. The van der Waals surface area contributed by atoms with Gasteiger partial charge in [-0.2, -0.15) is 0 Å². The molecule has 1 fully saturated rings. The predicted octanol–water partition coefficient (Wildman–Crippen LogP) is 2.90. The van der Waals surface area contributed by atoms with E-state index in [2.05, 4.69) is 10.5 Å². The van der Waals surface area contributed by atoms with Gasteiger partial charge in [0.15, 0.2) is 11.5 Å². The average molecular weight is 356 g/mol. The lowest BCUT2D eigenvalue weighted by molar-refractivity contribution is 0.0771. The number of rotatable bonds is 7. The number of carbonyl (C=O) groups excluding carboxylic acids is 1. The van der Waals surface area contributed by atoms with E-state index in [-0.39, 0.29) is 18.2 Å². The number of nitrogens with one attached hydrogen (secondary N) is 1. The summed E-state index contributed by atoms with van der Waals surface area (Å²) in [7, 11) is 0. The number of fused-ring (bicyclic) bond motifs is 1. The van der Waals surface area contributed by atoms with Gasteiger partial charge in [0.25, 0.3) is 5.91 Å². The molecule has 0 aliphatic carbocycles. The number of hydrogen-bond donors (Lipinski definition) is 1. The summed E-state index contributed by atoms with van der Waals surface area (Å²) >= 11 is 0. The summed E-state index contributed by atoms with van der Waals surface area (Å²) in [4.78, 5) is 12.1. The molecule has 2 aromatic heterocycles. The van der Waals surface area contributed by atoms with Gasteiger partial charge in [-0.3, -0.25) is 4.79 Å². The number of furan rings is 1. The molecule has 0 spiro atoms. The van der Waals surface area contributed by atoms with Crippen LogP contribution < -0.4 is 5.32 Å². The van der Waals surface area contributed by atoms with Crippen molar-refractivity contribution in [2.45, 2.75) is 19.6 Å². The van der Waals surface area contributed by atoms with Gasteiger partial charge in [0.1, 0.15) is 24.6 Å². The Morgan fingerprint density at radius 3 is 2.96 bits per heavy atom. The number of nitrogens with zero attached hydrogens (tertiary/aromatic N) is 1. The van der Waals surface area contributed by atoms with Crippen molar-refractivity contribution in [1.29, 1.82) is 0 Å². The summed E-state index contributed by atoms with van der Waals surface area (Å²) in [5, 5.41) is 7.69. The molecular weight excluding hydrogens is 336 g/mol. The largest absolute Gasteiger partial charge is 0.459 e. The zero-order chi connectivity index (χ0) is 17.8. The minimum Gasteiger partial charge on any atom is -0.459 e. The van der Waals surface area contributed by atoms with E-state index >= 15 is 0 Å². The van der Waals surface area contributed by atoms with Gasteiger partial charge in [-0.05, 0) is 18.6 Å². The number of carbonyl (C=O) groups is 1. The van der Waals surface area contributed by atoms with E-state index in [9.17, 15) is 4.79 Å². The van der Waals surface area contributed by atoms with Crippen LogP contribution in [0.1, 0.15) is 28.4 Å². The molecule has 0 saturated carbocycles. The fourth-order valence-corrected chi connectivity index (χ4v) is 2.92. The van der Waals surface area contributed by atoms with Crippen LogP contribution in [0.25, 0.3) is 11.0 Å². The van der Waals surface area contributed by atoms with Crippen LogP contribution in [0.5, 0.6) is 0 Å². The molecule has 1 saturated heterocycles. The summed E-state index contributed by atoms with van der Waals surface area (Å²) in [6.45, 7) is 2.58. The third-order valence-corrected chi connectivity index (χ3v) is 4.33.